The first kappa shape index (κ1) is 6.00. The SMILES string of the molecule is [B][B]/C=C/[B][B]. The van der Waals surface area contributed by atoms with E-state index in [1.54, 1.807) is 12.0 Å². The van der Waals surface area contributed by atoms with Crippen molar-refractivity contribution in [2.75, 3.05) is 0 Å². The summed E-state index contributed by atoms with van der Waals surface area (Å²) in [7, 11) is 12.7. The second-order valence-corrected chi connectivity index (χ2v) is 0.770. The Morgan fingerprint density at radius 2 is 1.33 bits per heavy atom. The van der Waals surface area contributed by atoms with E-state index in [1.165, 1.54) is 14.3 Å². The maximum atomic E-state index is 4.93. The fraction of sp³-hybridized carbons (Fsp3) is 0. The van der Waals surface area contributed by atoms with Crippen LogP contribution in [0, 0.1) is 0 Å². The standard InChI is InChI=1S/C2H2B4/c3-5-1-2-6-4/h1-2H/b2-1+. The molecule has 0 atom stereocenters. The van der Waals surface area contributed by atoms with Crippen LogP contribution in [0.4, 0.5) is 0 Å². The minimum atomic E-state index is 1.42. The predicted octanol–water partition coefficient (Wildman–Crippen LogP) is -0.967. The van der Waals surface area contributed by atoms with E-state index in [-0.39, 0.29) is 0 Å². The quantitative estimate of drug-likeness (QED) is 0.366. The first-order valence-corrected chi connectivity index (χ1v) is 1.67. The van der Waals surface area contributed by atoms with E-state index in [1.807, 2.05) is 0 Å². The molecule has 0 bridgehead atoms. The molecule has 0 aromatic rings. The number of rotatable bonds is 2. The second kappa shape index (κ2) is 5.00. The van der Waals surface area contributed by atoms with Gasteiger partial charge in [-0.2, -0.15) is 0 Å². The molecule has 0 aliphatic carbocycles. The summed E-state index contributed by atoms with van der Waals surface area (Å²) >= 11 is 0. The zero-order valence-corrected chi connectivity index (χ0v) is 3.46. The third kappa shape index (κ3) is 4.00. The van der Waals surface area contributed by atoms with Crippen LogP contribution >= 0.6 is 0 Å². The maximum absolute atomic E-state index is 4.93. The lowest BCUT2D eigenvalue weighted by Gasteiger charge is -1.69. The summed E-state index contributed by atoms with van der Waals surface area (Å²) in [4.78, 5) is 0. The summed E-state index contributed by atoms with van der Waals surface area (Å²) in [5, 5.41) is 0. The van der Waals surface area contributed by atoms with Crippen molar-refractivity contribution >= 4 is 29.8 Å². The van der Waals surface area contributed by atoms with Gasteiger partial charge in [0.15, 0.2) is 0 Å². The molecule has 0 spiro atoms. The van der Waals surface area contributed by atoms with Gasteiger partial charge in [-0.25, -0.2) is 0 Å². The third-order valence-electron chi connectivity index (χ3n) is 0.333. The van der Waals surface area contributed by atoms with Crippen molar-refractivity contribution in [3.63, 3.8) is 0 Å². The van der Waals surface area contributed by atoms with Crippen LogP contribution in [0.5, 0.6) is 0 Å². The summed E-state index contributed by atoms with van der Waals surface area (Å²) < 4.78 is 0. The highest BCUT2D eigenvalue weighted by atomic mass is 13.2. The molecular weight excluding hydrogens is 67.3 g/mol. The van der Waals surface area contributed by atoms with Crippen LogP contribution < -0.4 is 0 Å². The van der Waals surface area contributed by atoms with Crippen LogP contribution in [0.15, 0.2) is 12.0 Å². The van der Waals surface area contributed by atoms with Gasteiger partial charge in [0, 0.05) is 15.5 Å². The van der Waals surface area contributed by atoms with E-state index < -0.39 is 0 Å². The summed E-state index contributed by atoms with van der Waals surface area (Å²) in [6, 6.07) is 0. The molecule has 0 aromatic heterocycles. The van der Waals surface area contributed by atoms with Crippen LogP contribution in [0.1, 0.15) is 0 Å². The Labute approximate surface area is 42.7 Å². The molecule has 0 saturated heterocycles. The molecule has 0 nitrogen and oxygen atoms in total. The van der Waals surface area contributed by atoms with Gasteiger partial charge in [0.2, 0.25) is 0 Å². The Morgan fingerprint density at radius 3 is 1.50 bits per heavy atom. The topological polar surface area (TPSA) is 0 Å². The molecule has 0 aliphatic rings. The van der Waals surface area contributed by atoms with Crippen LogP contribution in [-0.2, 0) is 0 Å². The molecule has 0 amide bonds. The minimum absolute atomic E-state index is 1.42. The van der Waals surface area contributed by atoms with E-state index in [9.17, 15) is 0 Å². The van der Waals surface area contributed by atoms with Crippen molar-refractivity contribution in [2.45, 2.75) is 0 Å². The lowest BCUT2D eigenvalue weighted by molar-refractivity contribution is 2.47. The summed E-state index contributed by atoms with van der Waals surface area (Å²) in [5.74, 6) is 3.31. The normalized spacial score (nSPS) is 8.67. The zero-order valence-electron chi connectivity index (χ0n) is 3.46. The van der Waals surface area contributed by atoms with Crippen LogP contribution in [0.25, 0.3) is 0 Å². The van der Waals surface area contributed by atoms with Crippen molar-refractivity contribution in [1.29, 1.82) is 0 Å². The first-order chi connectivity index (χ1) is 2.91. The summed E-state index contributed by atoms with van der Waals surface area (Å²) in [6.45, 7) is 0. The molecule has 0 rings (SSSR count). The average Bonchev–Trinajstić information content (AvgIpc) is 1.61. The predicted molar refractivity (Wildman–Crippen MR) is 32.2 cm³/mol. The van der Waals surface area contributed by atoms with Gasteiger partial charge in [0.05, 0.1) is 14.3 Å². The number of hydrogen-bond donors (Lipinski definition) is 0. The molecule has 0 fully saturated rings. The van der Waals surface area contributed by atoms with Gasteiger partial charge in [-0.1, -0.05) is 0 Å². The monoisotopic (exact) mass is 70.1 g/mol. The highest BCUT2D eigenvalue weighted by Crippen LogP contribution is 1.56. The van der Waals surface area contributed by atoms with Gasteiger partial charge < -0.3 is 0 Å². The molecule has 0 heterocycles. The van der Waals surface area contributed by atoms with E-state index in [0.29, 0.717) is 0 Å². The van der Waals surface area contributed by atoms with Crippen molar-refractivity contribution in [1.82, 2.24) is 0 Å². The Hall–Kier alpha value is -0.000260. The average molecular weight is 69.3 g/mol. The molecule has 4 heteroatoms. The molecule has 0 saturated carbocycles. The minimum Gasteiger partial charge on any atom is -0.147 e. The highest BCUT2D eigenvalue weighted by Gasteiger charge is 1.64. The lowest BCUT2D eigenvalue weighted by Crippen LogP contribution is -1.84. The van der Waals surface area contributed by atoms with Crippen molar-refractivity contribution in [3.05, 3.63) is 12.0 Å². The molecule has 6 heavy (non-hydrogen) atoms. The molecule has 0 N–H and O–H groups in total. The van der Waals surface area contributed by atoms with Gasteiger partial charge in [-0.05, 0) is 0 Å². The van der Waals surface area contributed by atoms with E-state index >= 15 is 0 Å². The smallest absolute Gasteiger partial charge is 0.0840 e. The zero-order chi connectivity index (χ0) is 4.83. The largest absolute Gasteiger partial charge is 0.147 e. The van der Waals surface area contributed by atoms with Crippen LogP contribution in [0.2, 0.25) is 0 Å². The van der Waals surface area contributed by atoms with E-state index in [2.05, 4.69) is 0 Å². The molecule has 0 aromatic carbocycles. The fourth-order valence-electron chi connectivity index (χ4n) is 0.128. The molecule has 0 aliphatic heterocycles. The first-order valence-electron chi connectivity index (χ1n) is 1.67. The number of hydrogen-bond acceptors (Lipinski definition) is 0. The molecule has 0 unspecified atom stereocenters. The summed E-state index contributed by atoms with van der Waals surface area (Å²) in [6.07, 6.45) is 0. The second-order valence-electron chi connectivity index (χ2n) is 0.770. The van der Waals surface area contributed by atoms with Gasteiger partial charge in [-0.15, -0.1) is 12.0 Å². The highest BCUT2D eigenvalue weighted by molar-refractivity contribution is 6.96. The Kier molecular flexibility index (Phi) is 5.00. The Morgan fingerprint density at radius 1 is 1.00 bits per heavy atom. The van der Waals surface area contributed by atoms with Crippen LogP contribution in [-0.4, -0.2) is 29.8 Å². The third-order valence-corrected chi connectivity index (χ3v) is 0.333. The van der Waals surface area contributed by atoms with E-state index in [4.69, 9.17) is 15.5 Å². The Balaban J connectivity index is 2.73. The van der Waals surface area contributed by atoms with Crippen molar-refractivity contribution < 1.29 is 0 Å². The molecule has 6 radical (unpaired) electrons. The fourth-order valence-corrected chi connectivity index (χ4v) is 0.128. The van der Waals surface area contributed by atoms with Crippen molar-refractivity contribution in [2.24, 2.45) is 0 Å². The maximum Gasteiger partial charge on any atom is 0.0840 e. The van der Waals surface area contributed by atoms with E-state index in [0.717, 1.165) is 0 Å². The van der Waals surface area contributed by atoms with Gasteiger partial charge in [0.25, 0.3) is 0 Å². The molecular formula is C2H2B4. The molecule has 22 valence electrons. The van der Waals surface area contributed by atoms with Crippen LogP contribution in [0.3, 0.4) is 0 Å². The van der Waals surface area contributed by atoms with Gasteiger partial charge >= 0.3 is 0 Å². The van der Waals surface area contributed by atoms with Crippen molar-refractivity contribution in [3.8, 4) is 0 Å². The Bertz CT molecular complexity index is 34.8. The van der Waals surface area contributed by atoms with Gasteiger partial charge in [0.1, 0.15) is 0 Å². The summed E-state index contributed by atoms with van der Waals surface area (Å²) in [5.41, 5.74) is 0. The lowest BCUT2D eigenvalue weighted by atomic mass is 9.50. The van der Waals surface area contributed by atoms with Gasteiger partial charge in [-0.3, -0.25) is 0 Å².